The molecule has 60 valence electrons. The van der Waals surface area contributed by atoms with Crippen molar-refractivity contribution in [3.8, 4) is 0 Å². The lowest BCUT2D eigenvalue weighted by Gasteiger charge is -2.09. The van der Waals surface area contributed by atoms with Crippen molar-refractivity contribution in [2.45, 2.75) is 25.8 Å². The Morgan fingerprint density at radius 3 is 2.50 bits per heavy atom. The van der Waals surface area contributed by atoms with Crippen LogP contribution in [0.2, 0.25) is 0 Å². The summed E-state index contributed by atoms with van der Waals surface area (Å²) in [7, 11) is 4.16. The zero-order chi connectivity index (χ0) is 7.98. The largest absolute Gasteiger partial charge is 0.309 e. The summed E-state index contributed by atoms with van der Waals surface area (Å²) in [5.74, 6) is 0. The van der Waals surface area contributed by atoms with Gasteiger partial charge in [-0.3, -0.25) is 0 Å². The van der Waals surface area contributed by atoms with E-state index in [9.17, 15) is 0 Å². The van der Waals surface area contributed by atoms with E-state index in [-0.39, 0.29) is 0 Å². The summed E-state index contributed by atoms with van der Waals surface area (Å²) in [6.07, 6.45) is 2.30. The number of hydrogen-bond acceptors (Lipinski definition) is 3. The Kier molecular flexibility index (Phi) is 5.73. The van der Waals surface area contributed by atoms with Crippen molar-refractivity contribution in [2.24, 2.45) is 4.36 Å². The molecule has 0 fully saturated rings. The van der Waals surface area contributed by atoms with Crippen molar-refractivity contribution in [1.82, 2.24) is 4.90 Å². The molecule has 0 aliphatic heterocycles. The molecule has 0 aromatic rings. The fourth-order valence-electron chi connectivity index (χ4n) is 0.756. The van der Waals surface area contributed by atoms with Crippen molar-refractivity contribution in [3.05, 3.63) is 0 Å². The molecule has 0 bridgehead atoms. The van der Waals surface area contributed by atoms with Gasteiger partial charge in [-0.2, -0.15) is 0 Å². The summed E-state index contributed by atoms with van der Waals surface area (Å²) in [5, 5.41) is 0. The van der Waals surface area contributed by atoms with Crippen LogP contribution in [0.1, 0.15) is 19.8 Å². The van der Waals surface area contributed by atoms with Crippen LogP contribution in [-0.2, 0) is 12.4 Å². The molecule has 3 heteroatoms. The maximum absolute atomic E-state index is 4.57. The highest BCUT2D eigenvalue weighted by Gasteiger charge is 1.97. The molecule has 10 heavy (non-hydrogen) atoms. The van der Waals surface area contributed by atoms with E-state index in [1.807, 2.05) is 0 Å². The molecule has 0 heterocycles. The SMILES string of the molecule is C[C@@H](CCCN(C)C)N=S. The van der Waals surface area contributed by atoms with E-state index < -0.39 is 0 Å². The van der Waals surface area contributed by atoms with E-state index in [2.05, 4.69) is 42.7 Å². The third-order valence-corrected chi connectivity index (χ3v) is 1.77. The van der Waals surface area contributed by atoms with Crippen molar-refractivity contribution in [1.29, 1.82) is 0 Å². The molecule has 0 rings (SSSR count). The molecule has 0 aromatic carbocycles. The highest BCUT2D eigenvalue weighted by Crippen LogP contribution is 1.99. The Balaban J connectivity index is 3.11. The molecular weight excluding hydrogens is 144 g/mol. The molecule has 0 radical (unpaired) electrons. The van der Waals surface area contributed by atoms with Gasteiger partial charge in [0.15, 0.2) is 0 Å². The molecule has 0 amide bonds. The number of nitrogens with zero attached hydrogens (tertiary/aromatic N) is 2. The first-order chi connectivity index (χ1) is 4.66. The molecule has 0 saturated carbocycles. The van der Waals surface area contributed by atoms with Gasteiger partial charge in [-0.05, 0) is 40.4 Å². The van der Waals surface area contributed by atoms with Crippen LogP contribution in [0.25, 0.3) is 0 Å². The minimum absolute atomic E-state index is 0.356. The Morgan fingerprint density at radius 2 is 2.10 bits per heavy atom. The fourth-order valence-corrected chi connectivity index (χ4v) is 0.861. The molecule has 0 aromatic heterocycles. The van der Waals surface area contributed by atoms with Gasteiger partial charge < -0.3 is 4.90 Å². The van der Waals surface area contributed by atoms with Crippen LogP contribution in [0.5, 0.6) is 0 Å². The summed E-state index contributed by atoms with van der Waals surface area (Å²) in [6.45, 7) is 3.19. The van der Waals surface area contributed by atoms with Gasteiger partial charge in [0.1, 0.15) is 0 Å². The molecule has 0 spiro atoms. The molecule has 0 aliphatic carbocycles. The molecule has 1 atom stereocenters. The summed E-state index contributed by atoms with van der Waals surface area (Å²) in [5.41, 5.74) is 0. The second-order valence-electron chi connectivity index (χ2n) is 2.90. The monoisotopic (exact) mass is 160 g/mol. The summed E-state index contributed by atoms with van der Waals surface area (Å²) in [4.78, 5) is 2.18. The first kappa shape index (κ1) is 9.98. The van der Waals surface area contributed by atoms with Gasteiger partial charge in [0.05, 0.1) is 6.04 Å². The third-order valence-electron chi connectivity index (χ3n) is 1.41. The van der Waals surface area contributed by atoms with Crippen molar-refractivity contribution in [2.75, 3.05) is 20.6 Å². The average Bonchev–Trinajstić information content (AvgIpc) is 1.87. The van der Waals surface area contributed by atoms with Gasteiger partial charge in [-0.25, -0.2) is 4.36 Å². The Morgan fingerprint density at radius 1 is 1.50 bits per heavy atom. The van der Waals surface area contributed by atoms with E-state index in [0.717, 1.165) is 13.0 Å². The maximum Gasteiger partial charge on any atom is 0.0603 e. The van der Waals surface area contributed by atoms with Crippen molar-refractivity contribution < 1.29 is 0 Å². The lowest BCUT2D eigenvalue weighted by Crippen LogP contribution is -2.14. The zero-order valence-corrected chi connectivity index (χ0v) is 7.82. The molecule has 2 nitrogen and oxygen atoms in total. The molecule has 0 unspecified atom stereocenters. The van der Waals surface area contributed by atoms with Crippen LogP contribution in [0.4, 0.5) is 0 Å². The van der Waals surface area contributed by atoms with Gasteiger partial charge in [-0.1, -0.05) is 0 Å². The van der Waals surface area contributed by atoms with E-state index >= 15 is 0 Å². The highest BCUT2D eigenvalue weighted by molar-refractivity contribution is 7.47. The first-order valence-corrected chi connectivity index (χ1v) is 4.00. The van der Waals surface area contributed by atoms with E-state index in [1.54, 1.807) is 0 Å². The predicted octanol–water partition coefficient (Wildman–Crippen LogP) is 1.45. The van der Waals surface area contributed by atoms with Crippen LogP contribution >= 0.6 is 0 Å². The summed E-state index contributed by atoms with van der Waals surface area (Å²) < 4.78 is 3.75. The fraction of sp³-hybridized carbons (Fsp3) is 1.00. The van der Waals surface area contributed by atoms with Gasteiger partial charge in [-0.15, -0.1) is 0 Å². The minimum Gasteiger partial charge on any atom is -0.309 e. The minimum atomic E-state index is 0.356. The smallest absolute Gasteiger partial charge is 0.0603 e. The first-order valence-electron chi connectivity index (χ1n) is 3.64. The number of hydrogen-bond donors (Lipinski definition) is 0. The van der Waals surface area contributed by atoms with Gasteiger partial charge in [0.2, 0.25) is 0 Å². The lowest BCUT2D eigenvalue weighted by molar-refractivity contribution is 0.388. The van der Waals surface area contributed by atoms with Gasteiger partial charge in [0, 0.05) is 12.4 Å². The zero-order valence-electron chi connectivity index (χ0n) is 7.00. The number of rotatable bonds is 5. The average molecular weight is 160 g/mol. The Hall–Kier alpha value is -0.0200. The standard InChI is InChI=1S/C7H16N2S/c1-7(8-10)5-4-6-9(2)3/h7H,4-6H2,1-3H3/t7-/m0/s1. The Bertz CT molecular complexity index is 93.6. The normalized spacial score (nSPS) is 13.6. The third kappa shape index (κ3) is 6.11. The maximum atomic E-state index is 4.57. The topological polar surface area (TPSA) is 15.6 Å². The molecular formula is C7H16N2S. The quantitative estimate of drug-likeness (QED) is 0.605. The van der Waals surface area contributed by atoms with E-state index in [4.69, 9.17) is 0 Å². The molecule has 0 saturated heterocycles. The van der Waals surface area contributed by atoms with Crippen LogP contribution < -0.4 is 0 Å². The van der Waals surface area contributed by atoms with Gasteiger partial charge in [0.25, 0.3) is 0 Å². The summed E-state index contributed by atoms with van der Waals surface area (Å²) in [6, 6.07) is 0.356. The van der Waals surface area contributed by atoms with Crippen LogP contribution in [-0.4, -0.2) is 31.6 Å². The second-order valence-corrected chi connectivity index (χ2v) is 3.11. The van der Waals surface area contributed by atoms with E-state index in [1.165, 1.54) is 6.42 Å². The van der Waals surface area contributed by atoms with Crippen LogP contribution in [0, 0.1) is 0 Å². The lowest BCUT2D eigenvalue weighted by atomic mass is 10.2. The van der Waals surface area contributed by atoms with Crippen molar-refractivity contribution in [3.63, 3.8) is 0 Å². The summed E-state index contributed by atoms with van der Waals surface area (Å²) >= 11 is 4.57. The Labute approximate surface area is 68.8 Å². The second kappa shape index (κ2) is 5.74. The molecule has 0 N–H and O–H groups in total. The van der Waals surface area contributed by atoms with Crippen molar-refractivity contribution >= 4 is 12.4 Å². The van der Waals surface area contributed by atoms with Crippen LogP contribution in [0.15, 0.2) is 4.36 Å². The van der Waals surface area contributed by atoms with Gasteiger partial charge >= 0.3 is 0 Å². The van der Waals surface area contributed by atoms with E-state index in [0.29, 0.717) is 6.04 Å². The van der Waals surface area contributed by atoms with Crippen LogP contribution in [0.3, 0.4) is 0 Å². The molecule has 0 aliphatic rings. The predicted molar refractivity (Wildman–Crippen MR) is 47.0 cm³/mol. The highest BCUT2D eigenvalue weighted by atomic mass is 32.1.